The van der Waals surface area contributed by atoms with Crippen LogP contribution in [0.1, 0.15) is 33.1 Å². The number of hydrogen-bond donors (Lipinski definition) is 0. The zero-order valence-electron chi connectivity index (χ0n) is 9.34. The van der Waals surface area contributed by atoms with Gasteiger partial charge in [-0.2, -0.15) is 0 Å². The van der Waals surface area contributed by atoms with Gasteiger partial charge in [0.25, 0.3) is 0 Å². The summed E-state index contributed by atoms with van der Waals surface area (Å²) in [6.07, 6.45) is 9.76. The number of rotatable bonds is 2. The number of hydrogen-bond acceptors (Lipinski definition) is 0. The summed E-state index contributed by atoms with van der Waals surface area (Å²) in [4.78, 5) is 0. The second kappa shape index (κ2) is 4.99. The first-order chi connectivity index (χ1) is 6.63. The number of allylic oxidation sites excluding steroid dienone is 6. The Kier molecular flexibility index (Phi) is 3.94. The predicted molar refractivity (Wildman–Crippen MR) is 64.2 cm³/mol. The van der Waals surface area contributed by atoms with Crippen LogP contribution < -0.4 is 0 Å². The Balaban J connectivity index is 2.73. The lowest BCUT2D eigenvalue weighted by atomic mass is 9.83. The van der Waals surface area contributed by atoms with Gasteiger partial charge in [0.1, 0.15) is 0 Å². The topological polar surface area (TPSA) is 0 Å². The summed E-state index contributed by atoms with van der Waals surface area (Å²) in [6.45, 7) is 12.2. The van der Waals surface area contributed by atoms with E-state index in [0.717, 1.165) is 12.3 Å². The molecule has 14 heavy (non-hydrogen) atoms. The molecule has 1 aliphatic rings. The molecular formula is C14H20. The van der Waals surface area contributed by atoms with Gasteiger partial charge in [-0.25, -0.2) is 0 Å². The molecule has 1 aliphatic carbocycles. The molecule has 0 nitrogen and oxygen atoms in total. The van der Waals surface area contributed by atoms with Crippen LogP contribution in [0, 0.1) is 5.92 Å². The van der Waals surface area contributed by atoms with Gasteiger partial charge in [0.15, 0.2) is 0 Å². The van der Waals surface area contributed by atoms with Crippen LogP contribution >= 0.6 is 0 Å². The predicted octanol–water partition coefficient (Wildman–Crippen LogP) is 4.42. The second-order valence-corrected chi connectivity index (χ2v) is 4.27. The Morgan fingerprint density at radius 3 is 2.79 bits per heavy atom. The molecule has 0 aromatic rings. The van der Waals surface area contributed by atoms with Crippen molar-refractivity contribution in [2.75, 3.05) is 0 Å². The molecule has 0 radical (unpaired) electrons. The average Bonchev–Trinajstić information content (AvgIpc) is 2.10. The minimum absolute atomic E-state index is 0.809. The van der Waals surface area contributed by atoms with Crippen molar-refractivity contribution in [2.45, 2.75) is 33.1 Å². The van der Waals surface area contributed by atoms with Crippen molar-refractivity contribution in [1.29, 1.82) is 0 Å². The standard InChI is InChI=1S/C14H20/c1-5-6-11(2)10-14-8-7-12(3)9-13(14)4/h5-6,10,12H,1,4,7-9H2,2-3H3/b11-6-,14-10-. The van der Waals surface area contributed by atoms with Gasteiger partial charge in [0.05, 0.1) is 0 Å². The Bertz CT molecular complexity index is 289. The quantitative estimate of drug-likeness (QED) is 0.563. The van der Waals surface area contributed by atoms with E-state index in [0.29, 0.717) is 0 Å². The van der Waals surface area contributed by atoms with E-state index in [2.05, 4.69) is 33.1 Å². The molecule has 0 aromatic carbocycles. The molecule has 76 valence electrons. The molecule has 0 aliphatic heterocycles. The molecular weight excluding hydrogens is 168 g/mol. The van der Waals surface area contributed by atoms with Crippen molar-refractivity contribution in [3.8, 4) is 0 Å². The Labute approximate surface area is 87.7 Å². The Morgan fingerprint density at radius 1 is 1.50 bits per heavy atom. The molecule has 0 spiro atoms. The normalized spacial score (nSPS) is 26.7. The van der Waals surface area contributed by atoms with Gasteiger partial charge in [0, 0.05) is 0 Å². The van der Waals surface area contributed by atoms with Crippen LogP contribution in [-0.2, 0) is 0 Å². The lowest BCUT2D eigenvalue weighted by Gasteiger charge is -2.22. The average molecular weight is 188 g/mol. The highest BCUT2D eigenvalue weighted by Crippen LogP contribution is 2.32. The summed E-state index contributed by atoms with van der Waals surface area (Å²) >= 11 is 0. The van der Waals surface area contributed by atoms with E-state index < -0.39 is 0 Å². The van der Waals surface area contributed by atoms with Crippen molar-refractivity contribution in [3.63, 3.8) is 0 Å². The second-order valence-electron chi connectivity index (χ2n) is 4.27. The van der Waals surface area contributed by atoms with E-state index in [1.165, 1.54) is 29.6 Å². The molecule has 0 saturated heterocycles. The summed E-state index contributed by atoms with van der Waals surface area (Å²) in [5, 5.41) is 0. The van der Waals surface area contributed by atoms with Gasteiger partial charge >= 0.3 is 0 Å². The van der Waals surface area contributed by atoms with E-state index in [-0.39, 0.29) is 0 Å². The van der Waals surface area contributed by atoms with Crippen molar-refractivity contribution in [3.05, 3.63) is 48.1 Å². The summed E-state index contributed by atoms with van der Waals surface area (Å²) < 4.78 is 0. The van der Waals surface area contributed by atoms with E-state index >= 15 is 0 Å². The summed E-state index contributed by atoms with van der Waals surface area (Å²) in [5.74, 6) is 0.809. The minimum Gasteiger partial charge on any atom is -0.0991 e. The summed E-state index contributed by atoms with van der Waals surface area (Å²) in [6, 6.07) is 0. The lowest BCUT2D eigenvalue weighted by Crippen LogP contribution is -2.06. The van der Waals surface area contributed by atoms with Crippen molar-refractivity contribution in [1.82, 2.24) is 0 Å². The largest absolute Gasteiger partial charge is 0.0991 e. The smallest absolute Gasteiger partial charge is 0.0256 e. The zero-order valence-corrected chi connectivity index (χ0v) is 9.34. The van der Waals surface area contributed by atoms with Crippen molar-refractivity contribution in [2.24, 2.45) is 5.92 Å². The summed E-state index contributed by atoms with van der Waals surface area (Å²) in [7, 11) is 0. The molecule has 0 aromatic heterocycles. The maximum absolute atomic E-state index is 4.14. The van der Waals surface area contributed by atoms with E-state index in [4.69, 9.17) is 0 Å². The van der Waals surface area contributed by atoms with Gasteiger partial charge in [-0.1, -0.05) is 49.5 Å². The lowest BCUT2D eigenvalue weighted by molar-refractivity contribution is 0.498. The van der Waals surface area contributed by atoms with E-state index in [9.17, 15) is 0 Å². The van der Waals surface area contributed by atoms with Gasteiger partial charge in [-0.05, 0) is 37.7 Å². The maximum atomic E-state index is 4.14. The van der Waals surface area contributed by atoms with Gasteiger partial charge < -0.3 is 0 Å². The molecule has 0 N–H and O–H groups in total. The maximum Gasteiger partial charge on any atom is -0.0256 e. The molecule has 0 amide bonds. The fraction of sp³-hybridized carbons (Fsp3) is 0.429. The van der Waals surface area contributed by atoms with Crippen molar-refractivity contribution >= 4 is 0 Å². The van der Waals surface area contributed by atoms with Crippen LogP contribution in [-0.4, -0.2) is 0 Å². The molecule has 1 rings (SSSR count). The molecule has 1 unspecified atom stereocenters. The first kappa shape index (κ1) is 11.0. The highest BCUT2D eigenvalue weighted by Gasteiger charge is 2.15. The third-order valence-corrected chi connectivity index (χ3v) is 2.74. The van der Waals surface area contributed by atoms with Gasteiger partial charge in [-0.3, -0.25) is 0 Å². The third kappa shape index (κ3) is 3.02. The minimum atomic E-state index is 0.809. The van der Waals surface area contributed by atoms with E-state index in [1.807, 2.05) is 12.2 Å². The van der Waals surface area contributed by atoms with Crippen LogP contribution in [0.3, 0.4) is 0 Å². The van der Waals surface area contributed by atoms with Crippen LogP contribution in [0.2, 0.25) is 0 Å². The Hall–Kier alpha value is -1.04. The van der Waals surface area contributed by atoms with Crippen molar-refractivity contribution < 1.29 is 0 Å². The van der Waals surface area contributed by atoms with Crippen LogP contribution in [0.15, 0.2) is 48.1 Å². The van der Waals surface area contributed by atoms with Gasteiger partial charge in [-0.15, -0.1) is 0 Å². The molecule has 1 saturated carbocycles. The van der Waals surface area contributed by atoms with Crippen LogP contribution in [0.25, 0.3) is 0 Å². The van der Waals surface area contributed by atoms with Gasteiger partial charge in [0.2, 0.25) is 0 Å². The molecule has 1 fully saturated rings. The summed E-state index contributed by atoms with van der Waals surface area (Å²) in [5.41, 5.74) is 4.02. The first-order valence-corrected chi connectivity index (χ1v) is 5.31. The highest BCUT2D eigenvalue weighted by molar-refractivity contribution is 5.37. The SMILES string of the molecule is C=C/C=C(C)\C=C1\CCC(C)CC1=C. The molecule has 1 atom stereocenters. The third-order valence-electron chi connectivity index (χ3n) is 2.74. The van der Waals surface area contributed by atoms with E-state index in [1.54, 1.807) is 0 Å². The monoisotopic (exact) mass is 188 g/mol. The van der Waals surface area contributed by atoms with Crippen LogP contribution in [0.4, 0.5) is 0 Å². The fourth-order valence-corrected chi connectivity index (χ4v) is 1.92. The molecule has 0 heteroatoms. The fourth-order valence-electron chi connectivity index (χ4n) is 1.92. The highest BCUT2D eigenvalue weighted by atomic mass is 14.2. The zero-order chi connectivity index (χ0) is 10.6. The Morgan fingerprint density at radius 2 is 2.21 bits per heavy atom. The first-order valence-electron chi connectivity index (χ1n) is 5.31. The molecule has 0 bridgehead atoms. The molecule has 0 heterocycles. The van der Waals surface area contributed by atoms with Crippen LogP contribution in [0.5, 0.6) is 0 Å².